The Balaban J connectivity index is 1.70. The van der Waals surface area contributed by atoms with E-state index in [9.17, 15) is 26.9 Å². The third-order valence-corrected chi connectivity index (χ3v) is 7.42. The molecule has 1 aliphatic rings. The Kier molecular flexibility index (Phi) is 8.00. The molecule has 0 aliphatic carbocycles. The van der Waals surface area contributed by atoms with Crippen LogP contribution in [0.15, 0.2) is 36.9 Å². The Labute approximate surface area is 218 Å². The second-order valence-corrected chi connectivity index (χ2v) is 10.8. The number of imidazole rings is 1. The van der Waals surface area contributed by atoms with Crippen molar-refractivity contribution in [3.8, 4) is 23.1 Å². The van der Waals surface area contributed by atoms with Crippen molar-refractivity contribution in [1.82, 2.24) is 29.1 Å². The van der Waals surface area contributed by atoms with E-state index in [0.29, 0.717) is 43.4 Å². The van der Waals surface area contributed by atoms with Gasteiger partial charge in [0.05, 0.1) is 23.7 Å². The van der Waals surface area contributed by atoms with Gasteiger partial charge in [-0.15, -0.1) is 0 Å². The zero-order chi connectivity index (χ0) is 27.5. The number of aromatic nitrogens is 4. The van der Waals surface area contributed by atoms with Crippen LogP contribution >= 0.6 is 0 Å². The van der Waals surface area contributed by atoms with Gasteiger partial charge < -0.3 is 15.2 Å². The minimum Gasteiger partial charge on any atom is -0.338 e. The Hall–Kier alpha value is -3.54. The van der Waals surface area contributed by atoms with E-state index in [4.69, 9.17) is 0 Å². The van der Waals surface area contributed by atoms with Crippen molar-refractivity contribution in [3.05, 3.63) is 53.6 Å². The maximum absolute atomic E-state index is 13.9. The zero-order valence-electron chi connectivity index (χ0n) is 20.8. The summed E-state index contributed by atoms with van der Waals surface area (Å²) in [6, 6.07) is 7.36. The molecule has 3 heterocycles. The average Bonchev–Trinajstić information content (AvgIpc) is 3.36. The number of rotatable bonds is 8. The van der Waals surface area contributed by atoms with Crippen LogP contribution in [0.3, 0.4) is 0 Å². The molecule has 38 heavy (non-hydrogen) atoms. The molecule has 0 saturated carbocycles. The van der Waals surface area contributed by atoms with Gasteiger partial charge in [-0.05, 0) is 43.5 Å². The molecule has 0 radical (unpaired) electrons. The fraction of sp³-hybridized carbons (Fsp3) is 0.417. The second-order valence-electron chi connectivity index (χ2n) is 8.89. The van der Waals surface area contributed by atoms with Crippen LogP contribution in [-0.2, 0) is 22.7 Å². The Bertz CT molecular complexity index is 1450. The lowest BCUT2D eigenvalue weighted by Gasteiger charge is -2.34. The number of nitrogens with one attached hydrogen (secondary N) is 2. The summed E-state index contributed by atoms with van der Waals surface area (Å²) < 4.78 is 68.7. The van der Waals surface area contributed by atoms with Gasteiger partial charge in [-0.3, -0.25) is 0 Å². The summed E-state index contributed by atoms with van der Waals surface area (Å²) >= 11 is 0. The number of nitriles is 1. The van der Waals surface area contributed by atoms with Gasteiger partial charge in [0.1, 0.15) is 29.3 Å². The number of anilines is 1. The molecule has 1 aliphatic heterocycles. The van der Waals surface area contributed by atoms with Gasteiger partial charge >= 0.3 is 6.18 Å². The molecule has 2 N–H and O–H groups in total. The summed E-state index contributed by atoms with van der Waals surface area (Å²) in [5.74, 6) is -0.145. The van der Waals surface area contributed by atoms with Crippen molar-refractivity contribution >= 4 is 16.0 Å². The van der Waals surface area contributed by atoms with Crippen LogP contribution in [0.25, 0.3) is 17.1 Å². The topological polar surface area (TPSA) is 129 Å². The van der Waals surface area contributed by atoms with Gasteiger partial charge in [0.2, 0.25) is 16.0 Å². The zero-order valence-corrected chi connectivity index (χ0v) is 21.6. The molecule has 0 amide bonds. The lowest BCUT2D eigenvalue weighted by Crippen LogP contribution is -2.47. The molecule has 10 nitrogen and oxygen atoms in total. The van der Waals surface area contributed by atoms with Gasteiger partial charge in [-0.2, -0.15) is 22.7 Å². The average molecular weight is 549 g/mol. The first-order valence-electron chi connectivity index (χ1n) is 12.0. The smallest absolute Gasteiger partial charge is 0.338 e. The normalized spacial score (nSPS) is 16.8. The summed E-state index contributed by atoms with van der Waals surface area (Å²) in [6.45, 7) is 3.60. The monoisotopic (exact) mass is 548 g/mol. The minimum atomic E-state index is -4.76. The fourth-order valence-corrected chi connectivity index (χ4v) is 5.38. The Morgan fingerprint density at radius 3 is 2.71 bits per heavy atom. The molecular weight excluding hydrogens is 521 g/mol. The lowest BCUT2D eigenvalue weighted by molar-refractivity contribution is -0.137. The van der Waals surface area contributed by atoms with Crippen molar-refractivity contribution in [2.75, 3.05) is 24.7 Å². The number of alkyl halides is 3. The van der Waals surface area contributed by atoms with E-state index in [1.165, 1.54) is 21.4 Å². The van der Waals surface area contributed by atoms with Gasteiger partial charge in [0.25, 0.3) is 0 Å². The van der Waals surface area contributed by atoms with Crippen LogP contribution in [-0.4, -0.2) is 57.8 Å². The molecule has 14 heteroatoms. The standard InChI is InChI=1S/C24H27F3N8O2S/c1-3-29-12-16-7-8-20(17(10-16)11-28)34-14-19(31-15-34)22-18(24(25,26)27)13-30-23(33-22)32-21-6-4-5-9-35(21)38(2,36)37/h7-8,10,13-15,21,29H,3-6,9,12H2,1-2H3,(H,30,32,33). The molecule has 4 rings (SSSR count). The summed E-state index contributed by atoms with van der Waals surface area (Å²) in [5, 5.41) is 15.7. The van der Waals surface area contributed by atoms with E-state index in [1.807, 2.05) is 13.0 Å². The molecule has 202 valence electrons. The summed E-state index contributed by atoms with van der Waals surface area (Å²) in [5.41, 5.74) is 0.0643. The highest BCUT2D eigenvalue weighted by atomic mass is 32.2. The first kappa shape index (κ1) is 27.5. The number of piperidine rings is 1. The summed E-state index contributed by atoms with van der Waals surface area (Å²) in [7, 11) is -3.54. The summed E-state index contributed by atoms with van der Waals surface area (Å²) in [6.07, 6.45) is 0.879. The Morgan fingerprint density at radius 1 is 1.24 bits per heavy atom. The number of sulfonamides is 1. The summed E-state index contributed by atoms with van der Waals surface area (Å²) in [4.78, 5) is 12.1. The molecule has 1 aromatic carbocycles. The molecule has 2 aromatic heterocycles. The lowest BCUT2D eigenvalue weighted by atomic mass is 10.1. The van der Waals surface area contributed by atoms with E-state index in [1.54, 1.807) is 12.1 Å². The maximum atomic E-state index is 13.9. The first-order chi connectivity index (χ1) is 18.0. The molecule has 3 aromatic rings. The van der Waals surface area contributed by atoms with Crippen LogP contribution in [0, 0.1) is 11.3 Å². The quantitative estimate of drug-likeness (QED) is 0.438. The molecule has 1 unspecified atom stereocenters. The van der Waals surface area contributed by atoms with Gasteiger partial charge in [-0.25, -0.2) is 23.4 Å². The van der Waals surface area contributed by atoms with E-state index in [-0.39, 0.29) is 11.6 Å². The van der Waals surface area contributed by atoms with Crippen molar-refractivity contribution in [3.63, 3.8) is 0 Å². The molecule has 0 spiro atoms. The fourth-order valence-electron chi connectivity index (χ4n) is 4.30. The number of hydrogen-bond donors (Lipinski definition) is 2. The SMILES string of the molecule is CCNCc1ccc(-n2cnc(-c3nc(NC4CCCCN4S(C)(=O)=O)ncc3C(F)(F)F)c2)c(C#N)c1. The molecule has 1 atom stereocenters. The van der Waals surface area contributed by atoms with Crippen LogP contribution < -0.4 is 10.6 Å². The largest absolute Gasteiger partial charge is 0.420 e. The number of halogens is 3. The number of nitrogens with zero attached hydrogens (tertiary/aromatic N) is 6. The predicted octanol–water partition coefficient (Wildman–Crippen LogP) is 3.51. The van der Waals surface area contributed by atoms with Crippen LogP contribution in [0.1, 0.15) is 42.9 Å². The third-order valence-electron chi connectivity index (χ3n) is 6.13. The van der Waals surface area contributed by atoms with E-state index >= 15 is 0 Å². The van der Waals surface area contributed by atoms with Gasteiger partial charge in [-0.1, -0.05) is 13.0 Å². The van der Waals surface area contributed by atoms with E-state index in [2.05, 4.69) is 31.7 Å². The van der Waals surface area contributed by atoms with Crippen molar-refractivity contribution in [2.24, 2.45) is 0 Å². The van der Waals surface area contributed by atoms with Crippen LogP contribution in [0.5, 0.6) is 0 Å². The Morgan fingerprint density at radius 2 is 2.03 bits per heavy atom. The maximum Gasteiger partial charge on any atom is 0.420 e. The first-order valence-corrected chi connectivity index (χ1v) is 13.8. The van der Waals surface area contributed by atoms with Crippen molar-refractivity contribution in [1.29, 1.82) is 5.26 Å². The number of hydrogen-bond acceptors (Lipinski definition) is 8. The third kappa shape index (κ3) is 6.12. The van der Waals surface area contributed by atoms with E-state index < -0.39 is 33.6 Å². The molecule has 1 saturated heterocycles. The second kappa shape index (κ2) is 11.1. The highest BCUT2D eigenvalue weighted by Gasteiger charge is 2.37. The highest BCUT2D eigenvalue weighted by molar-refractivity contribution is 7.88. The van der Waals surface area contributed by atoms with Crippen molar-refractivity contribution in [2.45, 2.75) is 45.1 Å². The number of benzene rings is 1. The van der Waals surface area contributed by atoms with E-state index in [0.717, 1.165) is 24.8 Å². The van der Waals surface area contributed by atoms with Gasteiger partial charge in [0, 0.05) is 25.5 Å². The predicted molar refractivity (Wildman–Crippen MR) is 134 cm³/mol. The van der Waals surface area contributed by atoms with Gasteiger partial charge in [0.15, 0.2) is 0 Å². The van der Waals surface area contributed by atoms with Crippen molar-refractivity contribution < 1.29 is 21.6 Å². The molecule has 1 fully saturated rings. The minimum absolute atomic E-state index is 0.0768. The highest BCUT2D eigenvalue weighted by Crippen LogP contribution is 2.36. The molecular formula is C24H27F3N8O2S. The van der Waals surface area contributed by atoms with Crippen LogP contribution in [0.4, 0.5) is 19.1 Å². The van der Waals surface area contributed by atoms with Crippen LogP contribution in [0.2, 0.25) is 0 Å². The molecule has 0 bridgehead atoms.